The topological polar surface area (TPSA) is 58.4 Å². The molecule has 0 aliphatic carbocycles. The molecule has 35 heavy (non-hydrogen) atoms. The minimum absolute atomic E-state index is 0.0695. The number of rotatable bonds is 6. The maximum Gasteiger partial charge on any atom is 0.416 e. The van der Waals surface area contributed by atoms with Crippen LogP contribution in [0.3, 0.4) is 0 Å². The molecule has 5 rings (SSSR count). The molecule has 2 radical (unpaired) electrons. The summed E-state index contributed by atoms with van der Waals surface area (Å²) in [7, 11) is 6.14. The Morgan fingerprint density at radius 2 is 1.97 bits per heavy atom. The molecule has 4 aromatic rings. The van der Waals surface area contributed by atoms with Crippen molar-refractivity contribution in [3.8, 4) is 0 Å². The highest BCUT2D eigenvalue weighted by Gasteiger charge is 2.34. The van der Waals surface area contributed by atoms with E-state index in [2.05, 4.69) is 20.3 Å². The van der Waals surface area contributed by atoms with E-state index in [0.29, 0.717) is 29.8 Å². The standard InChI is InChI=1S/C25H24BF3N6/c26-21-14-32-35-23(31-13-17-5-3-9-30-12-17)11-22(33-24(21)35)19-7-4-10-34(16-19)15-18-6-1-2-8-20(18)25(27,28)29/h1-3,5-6,8-9,11-12,14,19,31H,4,7,10,13,15-16H2. The Balaban J connectivity index is 1.38. The Morgan fingerprint density at radius 1 is 1.11 bits per heavy atom. The van der Waals surface area contributed by atoms with E-state index in [9.17, 15) is 13.2 Å². The molecule has 3 aromatic heterocycles. The monoisotopic (exact) mass is 476 g/mol. The average Bonchev–Trinajstić information content (AvgIpc) is 3.24. The van der Waals surface area contributed by atoms with Crippen molar-refractivity contribution < 1.29 is 13.2 Å². The molecule has 1 aliphatic rings. The zero-order valence-electron chi connectivity index (χ0n) is 19.0. The lowest BCUT2D eigenvalue weighted by molar-refractivity contribution is -0.138. The number of fused-ring (bicyclic) bond motifs is 1. The second-order valence-electron chi connectivity index (χ2n) is 8.85. The molecule has 0 amide bonds. The van der Waals surface area contributed by atoms with Crippen LogP contribution in [0.4, 0.5) is 19.0 Å². The van der Waals surface area contributed by atoms with Gasteiger partial charge in [-0.25, -0.2) is 4.98 Å². The lowest BCUT2D eigenvalue weighted by Gasteiger charge is -2.33. The number of hydrogen-bond donors (Lipinski definition) is 1. The number of pyridine rings is 1. The number of likely N-dealkylation sites (tertiary alicyclic amines) is 1. The molecule has 1 aromatic carbocycles. The maximum atomic E-state index is 13.5. The number of piperidine rings is 1. The van der Waals surface area contributed by atoms with Crippen molar-refractivity contribution in [3.05, 3.63) is 83.4 Å². The molecule has 1 atom stereocenters. The van der Waals surface area contributed by atoms with E-state index in [1.54, 1.807) is 35.2 Å². The van der Waals surface area contributed by atoms with Gasteiger partial charge in [0.15, 0.2) is 5.65 Å². The quantitative estimate of drug-likeness (QED) is 0.428. The molecule has 0 spiro atoms. The van der Waals surface area contributed by atoms with Crippen molar-refractivity contribution in [2.45, 2.75) is 38.0 Å². The van der Waals surface area contributed by atoms with Crippen LogP contribution in [0.15, 0.2) is 61.1 Å². The molecule has 1 unspecified atom stereocenters. The predicted molar refractivity (Wildman–Crippen MR) is 129 cm³/mol. The molecule has 1 aliphatic heterocycles. The van der Waals surface area contributed by atoms with Crippen molar-refractivity contribution in [2.75, 3.05) is 18.4 Å². The predicted octanol–water partition coefficient (Wildman–Crippen LogP) is 3.93. The minimum Gasteiger partial charge on any atom is -0.366 e. The van der Waals surface area contributed by atoms with Crippen molar-refractivity contribution >= 4 is 24.8 Å². The molecular weight excluding hydrogens is 452 g/mol. The third kappa shape index (κ3) is 5.17. The number of nitrogens with one attached hydrogen (secondary N) is 1. The molecule has 1 N–H and O–H groups in total. The summed E-state index contributed by atoms with van der Waals surface area (Å²) in [6, 6.07) is 11.6. The number of nitrogens with zero attached hydrogens (tertiary/aromatic N) is 5. The lowest BCUT2D eigenvalue weighted by Crippen LogP contribution is -2.35. The van der Waals surface area contributed by atoms with Gasteiger partial charge in [0.2, 0.25) is 0 Å². The molecule has 1 fully saturated rings. The van der Waals surface area contributed by atoms with Crippen LogP contribution in [0.5, 0.6) is 0 Å². The minimum atomic E-state index is -4.37. The number of alkyl halides is 3. The highest BCUT2D eigenvalue weighted by Crippen LogP contribution is 2.34. The number of hydrogen-bond acceptors (Lipinski definition) is 5. The molecule has 4 heterocycles. The van der Waals surface area contributed by atoms with E-state index in [4.69, 9.17) is 12.8 Å². The zero-order valence-corrected chi connectivity index (χ0v) is 19.0. The molecule has 178 valence electrons. The van der Waals surface area contributed by atoms with Gasteiger partial charge in [-0.1, -0.05) is 24.3 Å². The molecular formula is C25H24BF3N6. The molecule has 0 saturated carbocycles. The Hall–Kier alpha value is -3.40. The van der Waals surface area contributed by atoms with Gasteiger partial charge in [-0.3, -0.25) is 9.88 Å². The van der Waals surface area contributed by atoms with Crippen LogP contribution in [0.1, 0.15) is 41.1 Å². The van der Waals surface area contributed by atoms with Crippen LogP contribution in [-0.4, -0.2) is 45.4 Å². The number of anilines is 1. The van der Waals surface area contributed by atoms with E-state index in [0.717, 1.165) is 42.5 Å². The summed E-state index contributed by atoms with van der Waals surface area (Å²) in [5, 5.41) is 7.75. The Bertz CT molecular complexity index is 1310. The van der Waals surface area contributed by atoms with Crippen LogP contribution in [0, 0.1) is 0 Å². The van der Waals surface area contributed by atoms with Crippen LogP contribution in [-0.2, 0) is 19.3 Å². The van der Waals surface area contributed by atoms with Gasteiger partial charge in [0, 0.05) is 50.2 Å². The van der Waals surface area contributed by atoms with Gasteiger partial charge in [-0.15, -0.1) is 0 Å². The first-order valence-electron chi connectivity index (χ1n) is 11.5. The number of halogens is 3. The molecule has 6 nitrogen and oxygen atoms in total. The molecule has 1 saturated heterocycles. The van der Waals surface area contributed by atoms with Crippen molar-refractivity contribution in [1.29, 1.82) is 0 Å². The van der Waals surface area contributed by atoms with Crippen LogP contribution < -0.4 is 10.8 Å². The number of benzene rings is 1. The third-order valence-corrected chi connectivity index (χ3v) is 6.36. The summed E-state index contributed by atoms with van der Waals surface area (Å²) in [6.45, 7) is 2.16. The highest BCUT2D eigenvalue weighted by molar-refractivity contribution is 6.36. The fraction of sp³-hybridized carbons (Fsp3) is 0.320. The highest BCUT2D eigenvalue weighted by atomic mass is 19.4. The second kappa shape index (κ2) is 9.69. The largest absolute Gasteiger partial charge is 0.416 e. The average molecular weight is 476 g/mol. The lowest BCUT2D eigenvalue weighted by atomic mass is 9.93. The fourth-order valence-electron chi connectivity index (χ4n) is 4.65. The Labute approximate surface area is 202 Å². The van der Waals surface area contributed by atoms with E-state index >= 15 is 0 Å². The molecule has 0 bridgehead atoms. The number of aromatic nitrogens is 4. The first-order chi connectivity index (χ1) is 16.9. The Kier molecular flexibility index (Phi) is 6.47. The zero-order chi connectivity index (χ0) is 24.4. The normalized spacial score (nSPS) is 17.1. The van der Waals surface area contributed by atoms with Gasteiger partial charge >= 0.3 is 6.18 Å². The van der Waals surface area contributed by atoms with Crippen molar-refractivity contribution in [2.24, 2.45) is 0 Å². The Morgan fingerprint density at radius 3 is 2.77 bits per heavy atom. The summed E-state index contributed by atoms with van der Waals surface area (Å²) in [5.41, 5.74) is 2.63. The summed E-state index contributed by atoms with van der Waals surface area (Å²) >= 11 is 0. The van der Waals surface area contributed by atoms with Crippen LogP contribution in [0.25, 0.3) is 5.65 Å². The summed E-state index contributed by atoms with van der Waals surface area (Å²) in [4.78, 5) is 11.0. The smallest absolute Gasteiger partial charge is 0.366 e. The second-order valence-corrected chi connectivity index (χ2v) is 8.85. The summed E-state index contributed by atoms with van der Waals surface area (Å²) in [5.74, 6) is 0.824. The van der Waals surface area contributed by atoms with Crippen molar-refractivity contribution in [1.82, 2.24) is 24.5 Å². The van der Waals surface area contributed by atoms with Gasteiger partial charge in [0.25, 0.3) is 0 Å². The SMILES string of the molecule is [B]c1cnn2c(NCc3cccnc3)cc(C3CCCN(Cc4ccccc4C(F)(F)F)C3)nc12. The van der Waals surface area contributed by atoms with E-state index in [1.165, 1.54) is 6.07 Å². The van der Waals surface area contributed by atoms with E-state index in [-0.39, 0.29) is 12.5 Å². The summed E-state index contributed by atoms with van der Waals surface area (Å²) < 4.78 is 42.1. The third-order valence-electron chi connectivity index (χ3n) is 6.36. The van der Waals surface area contributed by atoms with Gasteiger partial charge in [0.1, 0.15) is 13.7 Å². The van der Waals surface area contributed by atoms with E-state index < -0.39 is 11.7 Å². The van der Waals surface area contributed by atoms with Gasteiger partial charge in [0.05, 0.1) is 11.3 Å². The van der Waals surface area contributed by atoms with Gasteiger partial charge < -0.3 is 5.32 Å². The summed E-state index contributed by atoms with van der Waals surface area (Å²) in [6.07, 6.45) is 2.49. The van der Waals surface area contributed by atoms with Gasteiger partial charge in [-0.05, 0) is 48.1 Å². The first-order valence-corrected chi connectivity index (χ1v) is 11.5. The molecule has 10 heteroatoms. The van der Waals surface area contributed by atoms with E-state index in [1.807, 2.05) is 18.2 Å². The van der Waals surface area contributed by atoms with Crippen molar-refractivity contribution in [3.63, 3.8) is 0 Å². The first kappa shape index (κ1) is 23.4. The van der Waals surface area contributed by atoms with Crippen LogP contribution >= 0.6 is 0 Å². The maximum absolute atomic E-state index is 13.5. The van der Waals surface area contributed by atoms with Gasteiger partial charge in [-0.2, -0.15) is 22.8 Å². The fourth-order valence-corrected chi connectivity index (χ4v) is 4.65. The van der Waals surface area contributed by atoms with Crippen LogP contribution in [0.2, 0.25) is 0 Å².